The third kappa shape index (κ3) is 2.04. The van der Waals surface area contributed by atoms with Crippen LogP contribution >= 0.6 is 0 Å². The molecule has 2 rings (SSSR count). The fraction of sp³-hybridized carbons (Fsp3) is 0.143. The Labute approximate surface area is 100 Å². The van der Waals surface area contributed by atoms with Crippen LogP contribution in [-0.4, -0.2) is 10.2 Å². The lowest BCUT2D eigenvalue weighted by Gasteiger charge is -2.11. The van der Waals surface area contributed by atoms with Gasteiger partial charge in [0, 0.05) is 22.9 Å². The lowest BCUT2D eigenvalue weighted by Crippen LogP contribution is -1.92. The van der Waals surface area contributed by atoms with E-state index >= 15 is 0 Å². The summed E-state index contributed by atoms with van der Waals surface area (Å²) in [4.78, 5) is 0. The molecule has 0 fully saturated rings. The first-order valence-electron chi connectivity index (χ1n) is 5.38. The first-order valence-corrected chi connectivity index (χ1v) is 5.38. The molecule has 3 nitrogen and oxygen atoms in total. The van der Waals surface area contributed by atoms with Gasteiger partial charge in [0.1, 0.15) is 11.5 Å². The Kier molecular flexibility index (Phi) is 2.68. The summed E-state index contributed by atoms with van der Waals surface area (Å²) in [6, 6.07) is 8.64. The van der Waals surface area contributed by atoms with E-state index in [-0.39, 0.29) is 11.5 Å². The van der Waals surface area contributed by atoms with E-state index in [1.54, 1.807) is 19.1 Å². The molecule has 0 bridgehead atoms. The predicted molar refractivity (Wildman–Crippen MR) is 69.1 cm³/mol. The zero-order valence-electron chi connectivity index (χ0n) is 9.86. The number of phenolic OH excluding ortho intramolecular Hbond substituents is 2. The maximum atomic E-state index is 9.85. The highest BCUT2D eigenvalue weighted by Gasteiger charge is 2.10. The van der Waals surface area contributed by atoms with E-state index in [4.69, 9.17) is 5.73 Å². The lowest BCUT2D eigenvalue weighted by molar-refractivity contribution is 0.471. The summed E-state index contributed by atoms with van der Waals surface area (Å²) in [5.41, 5.74) is 9.52. The molecule has 0 radical (unpaired) electrons. The molecule has 0 atom stereocenters. The molecule has 88 valence electrons. The van der Waals surface area contributed by atoms with Gasteiger partial charge >= 0.3 is 0 Å². The monoisotopic (exact) mass is 229 g/mol. The molecule has 17 heavy (non-hydrogen) atoms. The Balaban J connectivity index is 2.68. The maximum absolute atomic E-state index is 9.85. The van der Waals surface area contributed by atoms with E-state index in [9.17, 15) is 10.2 Å². The largest absolute Gasteiger partial charge is 0.508 e. The van der Waals surface area contributed by atoms with Gasteiger partial charge in [0.2, 0.25) is 0 Å². The summed E-state index contributed by atoms with van der Waals surface area (Å²) >= 11 is 0. The Morgan fingerprint density at radius 2 is 1.59 bits per heavy atom. The van der Waals surface area contributed by atoms with Crippen LogP contribution in [0.3, 0.4) is 0 Å². The summed E-state index contributed by atoms with van der Waals surface area (Å²) < 4.78 is 0. The van der Waals surface area contributed by atoms with Gasteiger partial charge in [0.05, 0.1) is 0 Å². The number of phenols is 2. The molecule has 0 aliphatic carbocycles. The van der Waals surface area contributed by atoms with Crippen LogP contribution in [0.15, 0.2) is 30.3 Å². The van der Waals surface area contributed by atoms with Crippen molar-refractivity contribution >= 4 is 5.69 Å². The lowest BCUT2D eigenvalue weighted by atomic mass is 9.98. The van der Waals surface area contributed by atoms with E-state index in [1.165, 1.54) is 6.07 Å². The number of anilines is 1. The quantitative estimate of drug-likeness (QED) is 0.658. The second kappa shape index (κ2) is 4.01. The van der Waals surface area contributed by atoms with Gasteiger partial charge in [-0.15, -0.1) is 0 Å². The van der Waals surface area contributed by atoms with Gasteiger partial charge in [-0.05, 0) is 37.6 Å². The van der Waals surface area contributed by atoms with Crippen molar-refractivity contribution < 1.29 is 10.2 Å². The number of rotatable bonds is 1. The van der Waals surface area contributed by atoms with Crippen molar-refractivity contribution in [2.75, 3.05) is 5.73 Å². The first-order chi connectivity index (χ1) is 7.99. The highest BCUT2D eigenvalue weighted by atomic mass is 16.3. The summed E-state index contributed by atoms with van der Waals surface area (Å²) in [5.74, 6) is 0.353. The first kappa shape index (κ1) is 11.3. The Bertz CT molecular complexity index is 577. The van der Waals surface area contributed by atoms with Gasteiger partial charge < -0.3 is 15.9 Å². The minimum absolute atomic E-state index is 0.165. The molecule has 0 spiro atoms. The van der Waals surface area contributed by atoms with Gasteiger partial charge in [-0.2, -0.15) is 0 Å². The van der Waals surface area contributed by atoms with E-state index in [2.05, 4.69) is 0 Å². The summed E-state index contributed by atoms with van der Waals surface area (Å²) in [6.07, 6.45) is 0. The molecule has 0 amide bonds. The minimum atomic E-state index is 0.165. The fourth-order valence-corrected chi connectivity index (χ4v) is 1.81. The van der Waals surface area contributed by atoms with Crippen LogP contribution < -0.4 is 5.73 Å². The molecule has 2 aromatic rings. The van der Waals surface area contributed by atoms with Crippen molar-refractivity contribution in [1.29, 1.82) is 0 Å². The van der Waals surface area contributed by atoms with Crippen molar-refractivity contribution in [1.82, 2.24) is 0 Å². The van der Waals surface area contributed by atoms with E-state index in [0.717, 1.165) is 16.7 Å². The fourth-order valence-electron chi connectivity index (χ4n) is 1.81. The smallest absolute Gasteiger partial charge is 0.123 e. The average Bonchev–Trinajstić information content (AvgIpc) is 2.27. The highest BCUT2D eigenvalue weighted by molar-refractivity contribution is 5.82. The Morgan fingerprint density at radius 3 is 2.29 bits per heavy atom. The van der Waals surface area contributed by atoms with Crippen molar-refractivity contribution in [2.45, 2.75) is 13.8 Å². The van der Waals surface area contributed by atoms with Gasteiger partial charge in [0.15, 0.2) is 0 Å². The molecule has 0 heterocycles. The number of benzene rings is 2. The molecule has 0 aliphatic rings. The van der Waals surface area contributed by atoms with Crippen molar-refractivity contribution in [3.05, 3.63) is 41.5 Å². The Hall–Kier alpha value is -2.16. The third-order valence-corrected chi connectivity index (χ3v) is 2.81. The van der Waals surface area contributed by atoms with Crippen LogP contribution in [0.4, 0.5) is 5.69 Å². The number of hydrogen-bond donors (Lipinski definition) is 3. The Morgan fingerprint density at radius 1 is 0.882 bits per heavy atom. The SMILES string of the molecule is Cc1ccc(O)c(-c2cc(C)c(O)cc2N)c1. The molecule has 3 heteroatoms. The molecule has 0 aliphatic heterocycles. The minimum Gasteiger partial charge on any atom is -0.508 e. The molecule has 4 N–H and O–H groups in total. The second-order valence-electron chi connectivity index (χ2n) is 4.25. The third-order valence-electron chi connectivity index (χ3n) is 2.81. The summed E-state index contributed by atoms with van der Waals surface area (Å²) in [7, 11) is 0. The van der Waals surface area contributed by atoms with E-state index in [1.807, 2.05) is 19.1 Å². The molecular weight excluding hydrogens is 214 g/mol. The van der Waals surface area contributed by atoms with Crippen LogP contribution in [0.5, 0.6) is 11.5 Å². The van der Waals surface area contributed by atoms with Crippen LogP contribution in [0.2, 0.25) is 0 Å². The number of hydrogen-bond acceptors (Lipinski definition) is 3. The zero-order chi connectivity index (χ0) is 12.6. The topological polar surface area (TPSA) is 66.5 Å². The zero-order valence-corrected chi connectivity index (χ0v) is 9.86. The predicted octanol–water partition coefficient (Wildman–Crippen LogP) is 2.96. The van der Waals surface area contributed by atoms with Crippen molar-refractivity contribution in [3.8, 4) is 22.6 Å². The van der Waals surface area contributed by atoms with Crippen LogP contribution in [0, 0.1) is 13.8 Å². The molecule has 2 aromatic carbocycles. The van der Waals surface area contributed by atoms with Crippen molar-refractivity contribution in [3.63, 3.8) is 0 Å². The normalized spacial score (nSPS) is 10.5. The standard InChI is InChI=1S/C14H15NO2/c1-8-3-4-13(16)11(5-8)10-6-9(2)14(17)7-12(10)15/h3-7,16-17H,15H2,1-2H3. The molecule has 0 saturated heterocycles. The molecule has 0 saturated carbocycles. The van der Waals surface area contributed by atoms with Gasteiger partial charge in [-0.1, -0.05) is 11.6 Å². The number of nitrogens with two attached hydrogens (primary N) is 1. The number of aromatic hydroxyl groups is 2. The second-order valence-corrected chi connectivity index (χ2v) is 4.25. The van der Waals surface area contributed by atoms with Crippen LogP contribution in [0.1, 0.15) is 11.1 Å². The van der Waals surface area contributed by atoms with Gasteiger partial charge in [0.25, 0.3) is 0 Å². The summed E-state index contributed by atoms with van der Waals surface area (Å²) in [5, 5.41) is 19.4. The van der Waals surface area contributed by atoms with Crippen molar-refractivity contribution in [2.24, 2.45) is 0 Å². The van der Waals surface area contributed by atoms with Crippen LogP contribution in [-0.2, 0) is 0 Å². The number of nitrogen functional groups attached to an aromatic ring is 1. The van der Waals surface area contributed by atoms with Crippen LogP contribution in [0.25, 0.3) is 11.1 Å². The number of aryl methyl sites for hydroxylation is 2. The van der Waals surface area contributed by atoms with E-state index in [0.29, 0.717) is 11.3 Å². The van der Waals surface area contributed by atoms with Gasteiger partial charge in [-0.25, -0.2) is 0 Å². The molecule has 0 aromatic heterocycles. The van der Waals surface area contributed by atoms with Gasteiger partial charge in [-0.3, -0.25) is 0 Å². The summed E-state index contributed by atoms with van der Waals surface area (Å²) in [6.45, 7) is 3.75. The maximum Gasteiger partial charge on any atom is 0.123 e. The molecule has 0 unspecified atom stereocenters. The average molecular weight is 229 g/mol. The highest BCUT2D eigenvalue weighted by Crippen LogP contribution is 2.36. The van der Waals surface area contributed by atoms with E-state index < -0.39 is 0 Å². The molecular formula is C14H15NO2.